The van der Waals surface area contributed by atoms with E-state index in [-0.39, 0.29) is 0 Å². The molecule has 0 amide bonds. The van der Waals surface area contributed by atoms with E-state index in [0.29, 0.717) is 16.7 Å². The molecule has 2 saturated carbocycles. The summed E-state index contributed by atoms with van der Waals surface area (Å²) in [4.78, 5) is 0. The van der Waals surface area contributed by atoms with Gasteiger partial charge in [0, 0.05) is 0 Å². The van der Waals surface area contributed by atoms with Crippen molar-refractivity contribution < 1.29 is 5.11 Å². The number of allylic oxidation sites excluding steroid dienone is 1. The van der Waals surface area contributed by atoms with Crippen molar-refractivity contribution in [3.05, 3.63) is 24.8 Å². The van der Waals surface area contributed by atoms with Crippen LogP contribution < -0.4 is 0 Å². The van der Waals surface area contributed by atoms with Crippen LogP contribution in [-0.4, -0.2) is 10.7 Å². The van der Waals surface area contributed by atoms with Crippen LogP contribution in [-0.2, 0) is 0 Å². The first-order chi connectivity index (χ1) is 9.62. The molecule has 0 aliphatic heterocycles. The highest BCUT2D eigenvalue weighted by Gasteiger charge is 2.52. The van der Waals surface area contributed by atoms with Crippen molar-refractivity contribution in [2.45, 2.75) is 78.2 Å². The van der Waals surface area contributed by atoms with E-state index in [1.165, 1.54) is 37.7 Å². The normalized spacial score (nSPS) is 38.4. The third kappa shape index (κ3) is 3.13. The topological polar surface area (TPSA) is 20.2 Å². The van der Waals surface area contributed by atoms with E-state index in [2.05, 4.69) is 33.9 Å². The average Bonchev–Trinajstić information content (AvgIpc) is 2.36. The zero-order valence-corrected chi connectivity index (χ0v) is 14.5. The van der Waals surface area contributed by atoms with Gasteiger partial charge in [-0.1, -0.05) is 45.4 Å². The van der Waals surface area contributed by atoms with Crippen LogP contribution in [0.2, 0.25) is 0 Å². The maximum atomic E-state index is 10.3. The molecule has 120 valence electrons. The van der Waals surface area contributed by atoms with Crippen LogP contribution in [0.15, 0.2) is 24.8 Å². The van der Waals surface area contributed by atoms with Gasteiger partial charge in [0.25, 0.3) is 0 Å². The summed E-state index contributed by atoms with van der Waals surface area (Å²) in [5, 5.41) is 10.3. The Morgan fingerprint density at radius 3 is 2.62 bits per heavy atom. The lowest BCUT2D eigenvalue weighted by Crippen LogP contribution is -2.49. The second kappa shape index (κ2) is 5.57. The van der Waals surface area contributed by atoms with Gasteiger partial charge in [-0.05, 0) is 68.1 Å². The summed E-state index contributed by atoms with van der Waals surface area (Å²) < 4.78 is 0. The fourth-order valence-corrected chi connectivity index (χ4v) is 5.35. The Morgan fingerprint density at radius 1 is 1.33 bits per heavy atom. The maximum Gasteiger partial charge on any atom is 0.0797 e. The van der Waals surface area contributed by atoms with E-state index < -0.39 is 5.60 Å². The Bertz CT molecular complexity index is 418. The number of hydrogen-bond acceptors (Lipinski definition) is 1. The highest BCUT2D eigenvalue weighted by atomic mass is 16.3. The Labute approximate surface area is 131 Å². The molecule has 2 unspecified atom stereocenters. The highest BCUT2D eigenvalue weighted by Crippen LogP contribution is 2.61. The molecular formula is C20H34O. The quantitative estimate of drug-likeness (QED) is 0.678. The van der Waals surface area contributed by atoms with Crippen molar-refractivity contribution in [1.82, 2.24) is 0 Å². The molecule has 0 aromatic carbocycles. The molecule has 2 aliphatic carbocycles. The van der Waals surface area contributed by atoms with Gasteiger partial charge in [0.2, 0.25) is 0 Å². The fraction of sp³-hybridized carbons (Fsp3) is 0.800. The van der Waals surface area contributed by atoms with Gasteiger partial charge in [0.05, 0.1) is 5.60 Å². The summed E-state index contributed by atoms with van der Waals surface area (Å²) in [6.07, 6.45) is 10.0. The zero-order chi connectivity index (χ0) is 15.9. The van der Waals surface area contributed by atoms with E-state index in [0.717, 1.165) is 18.8 Å². The van der Waals surface area contributed by atoms with Crippen molar-refractivity contribution in [3.63, 3.8) is 0 Å². The first-order valence-corrected chi connectivity index (χ1v) is 8.66. The van der Waals surface area contributed by atoms with Gasteiger partial charge >= 0.3 is 0 Å². The summed E-state index contributed by atoms with van der Waals surface area (Å²) in [6.45, 7) is 17.4. The highest BCUT2D eigenvalue weighted by molar-refractivity contribution is 5.16. The van der Waals surface area contributed by atoms with Crippen LogP contribution in [0, 0.1) is 22.7 Å². The fourth-order valence-electron chi connectivity index (χ4n) is 5.35. The van der Waals surface area contributed by atoms with Crippen LogP contribution in [0.5, 0.6) is 0 Å². The second-order valence-electron chi connectivity index (χ2n) is 8.75. The van der Waals surface area contributed by atoms with Crippen LogP contribution in [0.25, 0.3) is 0 Å². The van der Waals surface area contributed by atoms with Gasteiger partial charge < -0.3 is 5.11 Å². The molecular weight excluding hydrogens is 256 g/mol. The zero-order valence-electron chi connectivity index (χ0n) is 14.5. The molecule has 2 aliphatic rings. The van der Waals surface area contributed by atoms with Crippen LogP contribution in [0.4, 0.5) is 0 Å². The Morgan fingerprint density at radius 2 is 2.00 bits per heavy atom. The minimum absolute atomic E-state index is 0.369. The van der Waals surface area contributed by atoms with E-state index in [1.807, 2.05) is 6.92 Å². The Balaban J connectivity index is 2.21. The standard InChI is InChI=1S/C20H34O/c1-7-19(5,21)14-11-16-15(2)9-10-17-18(3,4)12-8-13-20(16,17)6/h7,16-17,21H,1-2,8-14H2,3-6H3/t16?,17?,19-,20+/m0/s1. The third-order valence-corrected chi connectivity index (χ3v) is 6.70. The third-order valence-electron chi connectivity index (χ3n) is 6.70. The van der Waals surface area contributed by atoms with E-state index in [1.54, 1.807) is 6.08 Å². The first kappa shape index (κ1) is 16.8. The molecule has 0 bridgehead atoms. The molecule has 0 aromatic rings. The van der Waals surface area contributed by atoms with Crippen molar-refractivity contribution >= 4 is 0 Å². The Hall–Kier alpha value is -0.560. The number of aliphatic hydroxyl groups is 1. The molecule has 2 rings (SSSR count). The van der Waals surface area contributed by atoms with Crippen molar-refractivity contribution in [2.75, 3.05) is 0 Å². The van der Waals surface area contributed by atoms with E-state index >= 15 is 0 Å². The molecule has 21 heavy (non-hydrogen) atoms. The molecule has 1 nitrogen and oxygen atoms in total. The van der Waals surface area contributed by atoms with Crippen LogP contribution >= 0.6 is 0 Å². The van der Waals surface area contributed by atoms with Crippen molar-refractivity contribution in [3.8, 4) is 0 Å². The Kier molecular flexibility index (Phi) is 4.46. The summed E-state index contributed by atoms with van der Waals surface area (Å²) in [7, 11) is 0. The smallest absolute Gasteiger partial charge is 0.0797 e. The summed E-state index contributed by atoms with van der Waals surface area (Å²) >= 11 is 0. The molecule has 1 heteroatoms. The SMILES string of the molecule is C=C[C@](C)(O)CCC1C(=C)CCC2C(C)(C)CCC[C@]12C. The predicted octanol–water partition coefficient (Wildman–Crippen LogP) is 5.50. The molecule has 0 spiro atoms. The lowest BCUT2D eigenvalue weighted by atomic mass is 9.47. The van der Waals surface area contributed by atoms with Gasteiger partial charge in [-0.15, -0.1) is 6.58 Å². The van der Waals surface area contributed by atoms with Crippen LogP contribution in [0.3, 0.4) is 0 Å². The average molecular weight is 290 g/mol. The first-order valence-electron chi connectivity index (χ1n) is 8.66. The summed E-state index contributed by atoms with van der Waals surface area (Å²) in [5.41, 5.74) is 1.50. The van der Waals surface area contributed by atoms with Gasteiger partial charge in [0.15, 0.2) is 0 Å². The molecule has 2 fully saturated rings. The minimum atomic E-state index is -0.742. The molecule has 1 N–H and O–H groups in total. The maximum absolute atomic E-state index is 10.3. The second-order valence-corrected chi connectivity index (χ2v) is 8.75. The van der Waals surface area contributed by atoms with Gasteiger partial charge in [-0.25, -0.2) is 0 Å². The molecule has 0 heterocycles. The molecule has 4 atom stereocenters. The van der Waals surface area contributed by atoms with Gasteiger partial charge in [-0.3, -0.25) is 0 Å². The molecule has 0 saturated heterocycles. The van der Waals surface area contributed by atoms with Crippen molar-refractivity contribution in [1.29, 1.82) is 0 Å². The number of fused-ring (bicyclic) bond motifs is 1. The lowest BCUT2D eigenvalue weighted by Gasteiger charge is -2.58. The lowest BCUT2D eigenvalue weighted by molar-refractivity contribution is -0.0583. The monoisotopic (exact) mass is 290 g/mol. The van der Waals surface area contributed by atoms with Gasteiger partial charge in [0.1, 0.15) is 0 Å². The largest absolute Gasteiger partial charge is 0.386 e. The van der Waals surface area contributed by atoms with E-state index in [4.69, 9.17) is 0 Å². The van der Waals surface area contributed by atoms with Crippen LogP contribution in [0.1, 0.15) is 72.6 Å². The summed E-state index contributed by atoms with van der Waals surface area (Å²) in [6, 6.07) is 0. The van der Waals surface area contributed by atoms with Crippen molar-refractivity contribution in [2.24, 2.45) is 22.7 Å². The predicted molar refractivity (Wildman–Crippen MR) is 91.1 cm³/mol. The minimum Gasteiger partial charge on any atom is -0.386 e. The number of hydrogen-bond donors (Lipinski definition) is 1. The molecule has 0 radical (unpaired) electrons. The molecule has 0 aromatic heterocycles. The van der Waals surface area contributed by atoms with E-state index in [9.17, 15) is 5.11 Å². The number of rotatable bonds is 4. The summed E-state index contributed by atoms with van der Waals surface area (Å²) in [5.74, 6) is 1.35. The van der Waals surface area contributed by atoms with Gasteiger partial charge in [-0.2, -0.15) is 0 Å².